The van der Waals surface area contributed by atoms with Crippen LogP contribution >= 0.6 is 0 Å². The van der Waals surface area contributed by atoms with Gasteiger partial charge in [0.1, 0.15) is 12.0 Å². The summed E-state index contributed by atoms with van der Waals surface area (Å²) in [7, 11) is 0. The molecule has 108 valence electrons. The molecule has 1 aliphatic rings. The number of nitro groups is 1. The van der Waals surface area contributed by atoms with Gasteiger partial charge >= 0.3 is 5.97 Å². The Bertz CT molecular complexity index is 524. The maximum Gasteiger partial charge on any atom is 0.303 e. The van der Waals surface area contributed by atoms with E-state index in [1.54, 1.807) is 13.0 Å². The zero-order valence-electron chi connectivity index (χ0n) is 11.3. The first-order valence-electron chi connectivity index (χ1n) is 6.55. The molecule has 7 heteroatoms. The van der Waals surface area contributed by atoms with E-state index in [2.05, 4.69) is 9.88 Å². The van der Waals surface area contributed by atoms with E-state index in [9.17, 15) is 14.9 Å². The molecule has 0 saturated carbocycles. The second-order valence-electron chi connectivity index (χ2n) is 5.11. The maximum atomic E-state index is 10.8. The van der Waals surface area contributed by atoms with Gasteiger partial charge in [0.2, 0.25) is 0 Å². The number of aliphatic carboxylic acids is 1. The molecule has 7 nitrogen and oxygen atoms in total. The van der Waals surface area contributed by atoms with Gasteiger partial charge in [0.25, 0.3) is 5.69 Å². The molecule has 1 saturated heterocycles. The van der Waals surface area contributed by atoms with Crippen molar-refractivity contribution in [1.29, 1.82) is 0 Å². The third-order valence-electron chi connectivity index (χ3n) is 3.67. The Balaban J connectivity index is 2.02. The quantitative estimate of drug-likeness (QED) is 0.668. The largest absolute Gasteiger partial charge is 0.481 e. The summed E-state index contributed by atoms with van der Waals surface area (Å²) in [4.78, 5) is 27.2. The average Bonchev–Trinajstić information content (AvgIpc) is 2.38. The number of rotatable bonds is 4. The highest BCUT2D eigenvalue weighted by Crippen LogP contribution is 2.26. The van der Waals surface area contributed by atoms with Gasteiger partial charge in [-0.2, -0.15) is 0 Å². The Morgan fingerprint density at radius 1 is 1.55 bits per heavy atom. The van der Waals surface area contributed by atoms with E-state index < -0.39 is 10.9 Å². The van der Waals surface area contributed by atoms with Crippen LogP contribution < -0.4 is 4.90 Å². The van der Waals surface area contributed by atoms with Gasteiger partial charge in [-0.25, -0.2) is 4.98 Å². The molecule has 1 N–H and O–H groups in total. The Morgan fingerprint density at radius 3 is 2.70 bits per heavy atom. The summed E-state index contributed by atoms with van der Waals surface area (Å²) >= 11 is 0. The fraction of sp³-hybridized carbons (Fsp3) is 0.538. The minimum Gasteiger partial charge on any atom is -0.481 e. The summed E-state index contributed by atoms with van der Waals surface area (Å²) in [6, 6.07) is 1.72. The normalized spacial score (nSPS) is 16.1. The Hall–Kier alpha value is -2.18. The highest BCUT2D eigenvalue weighted by atomic mass is 16.6. The van der Waals surface area contributed by atoms with Crippen molar-refractivity contribution in [3.05, 3.63) is 27.9 Å². The highest BCUT2D eigenvalue weighted by Gasteiger charge is 2.23. The molecule has 1 fully saturated rings. The number of pyridine rings is 1. The Morgan fingerprint density at radius 2 is 2.20 bits per heavy atom. The Kier molecular flexibility index (Phi) is 4.16. The summed E-state index contributed by atoms with van der Waals surface area (Å²) in [5.74, 6) is 0.178. The molecule has 0 unspecified atom stereocenters. The lowest BCUT2D eigenvalue weighted by atomic mass is 9.93. The third-order valence-corrected chi connectivity index (χ3v) is 3.67. The van der Waals surface area contributed by atoms with Crippen molar-refractivity contribution in [1.82, 2.24) is 4.98 Å². The van der Waals surface area contributed by atoms with E-state index in [0.717, 1.165) is 31.7 Å². The van der Waals surface area contributed by atoms with Crippen molar-refractivity contribution in [3.63, 3.8) is 0 Å². The van der Waals surface area contributed by atoms with Crippen molar-refractivity contribution in [2.45, 2.75) is 26.2 Å². The number of piperidine rings is 1. The maximum absolute atomic E-state index is 10.8. The van der Waals surface area contributed by atoms with Crippen LogP contribution in [0.5, 0.6) is 0 Å². The third kappa shape index (κ3) is 3.23. The fourth-order valence-electron chi connectivity index (χ4n) is 2.51. The first-order valence-corrected chi connectivity index (χ1v) is 6.55. The number of hydrogen-bond acceptors (Lipinski definition) is 5. The molecule has 0 spiro atoms. The smallest absolute Gasteiger partial charge is 0.303 e. The van der Waals surface area contributed by atoms with E-state index in [4.69, 9.17) is 5.11 Å². The Labute approximate surface area is 116 Å². The van der Waals surface area contributed by atoms with Crippen LogP contribution in [0.1, 0.15) is 24.8 Å². The predicted octanol–water partition coefficient (Wildman–Crippen LogP) is 1.99. The second-order valence-corrected chi connectivity index (χ2v) is 5.11. The molecule has 0 aromatic carbocycles. The van der Waals surface area contributed by atoms with Gasteiger partial charge in [-0.05, 0) is 31.7 Å². The lowest BCUT2D eigenvalue weighted by Crippen LogP contribution is -2.34. The lowest BCUT2D eigenvalue weighted by molar-refractivity contribution is -0.385. The van der Waals surface area contributed by atoms with E-state index in [-0.39, 0.29) is 18.0 Å². The molecule has 0 bridgehead atoms. The molecule has 1 aromatic rings. The van der Waals surface area contributed by atoms with Crippen LogP contribution in [0.2, 0.25) is 0 Å². The van der Waals surface area contributed by atoms with Crippen molar-refractivity contribution in [3.8, 4) is 0 Å². The number of carboxylic acid groups (broad SMARTS) is 1. The zero-order chi connectivity index (χ0) is 14.7. The summed E-state index contributed by atoms with van der Waals surface area (Å²) in [6.45, 7) is 3.17. The first kappa shape index (κ1) is 14.2. The van der Waals surface area contributed by atoms with E-state index >= 15 is 0 Å². The monoisotopic (exact) mass is 279 g/mol. The topological polar surface area (TPSA) is 96.6 Å². The molecule has 0 radical (unpaired) electrons. The molecule has 2 rings (SSSR count). The molecule has 1 aliphatic heterocycles. The number of anilines is 1. The van der Waals surface area contributed by atoms with Crippen LogP contribution in [0.15, 0.2) is 12.3 Å². The second kappa shape index (κ2) is 5.85. The molecule has 0 amide bonds. The van der Waals surface area contributed by atoms with Gasteiger partial charge < -0.3 is 10.0 Å². The standard InChI is InChI=1S/C13H17N3O4/c1-9-6-12(14-8-11(9)16(19)20)15-4-2-10(3-5-15)7-13(17)18/h6,8,10H,2-5,7H2,1H3,(H,17,18). The van der Waals surface area contributed by atoms with E-state index in [1.807, 2.05) is 0 Å². The van der Waals surface area contributed by atoms with Gasteiger partial charge in [-0.3, -0.25) is 14.9 Å². The summed E-state index contributed by atoms with van der Waals surface area (Å²) in [6.07, 6.45) is 3.11. The van der Waals surface area contributed by atoms with Crippen LogP contribution in [0.3, 0.4) is 0 Å². The van der Waals surface area contributed by atoms with Crippen LogP contribution in [0.4, 0.5) is 11.5 Å². The minimum atomic E-state index is -0.757. The molecule has 1 aromatic heterocycles. The summed E-state index contributed by atoms with van der Waals surface area (Å²) < 4.78 is 0. The molecule has 0 aliphatic carbocycles. The van der Waals surface area contributed by atoms with Gasteiger partial charge in [0.15, 0.2) is 0 Å². The van der Waals surface area contributed by atoms with Crippen LogP contribution in [0.25, 0.3) is 0 Å². The average molecular weight is 279 g/mol. The predicted molar refractivity (Wildman–Crippen MR) is 72.8 cm³/mol. The lowest BCUT2D eigenvalue weighted by Gasteiger charge is -2.32. The van der Waals surface area contributed by atoms with Gasteiger partial charge in [0.05, 0.1) is 4.92 Å². The number of carbonyl (C=O) groups is 1. The highest BCUT2D eigenvalue weighted by molar-refractivity contribution is 5.67. The van der Waals surface area contributed by atoms with Crippen LogP contribution in [-0.4, -0.2) is 34.1 Å². The number of aromatic nitrogens is 1. The van der Waals surface area contributed by atoms with Gasteiger partial charge in [-0.15, -0.1) is 0 Å². The van der Waals surface area contributed by atoms with Crippen LogP contribution in [-0.2, 0) is 4.79 Å². The number of hydrogen-bond donors (Lipinski definition) is 1. The van der Waals surface area contributed by atoms with Gasteiger partial charge in [0, 0.05) is 25.1 Å². The summed E-state index contributed by atoms with van der Waals surface area (Å²) in [5, 5.41) is 19.5. The fourth-order valence-corrected chi connectivity index (χ4v) is 2.51. The van der Waals surface area contributed by atoms with E-state index in [0.29, 0.717) is 5.56 Å². The van der Waals surface area contributed by atoms with Crippen molar-refractivity contribution in [2.24, 2.45) is 5.92 Å². The van der Waals surface area contributed by atoms with Gasteiger partial charge in [-0.1, -0.05) is 0 Å². The number of carboxylic acids is 1. The van der Waals surface area contributed by atoms with Crippen molar-refractivity contribution < 1.29 is 14.8 Å². The minimum absolute atomic E-state index is 0.0227. The molecule has 2 heterocycles. The van der Waals surface area contributed by atoms with Crippen LogP contribution in [0, 0.1) is 23.0 Å². The molecular weight excluding hydrogens is 262 g/mol. The zero-order valence-corrected chi connectivity index (χ0v) is 11.3. The number of nitrogens with zero attached hydrogens (tertiary/aromatic N) is 3. The summed E-state index contributed by atoms with van der Waals surface area (Å²) in [5.41, 5.74) is 0.613. The molecular formula is C13H17N3O4. The first-order chi connectivity index (χ1) is 9.47. The van der Waals surface area contributed by atoms with E-state index in [1.165, 1.54) is 6.20 Å². The van der Waals surface area contributed by atoms with Crippen molar-refractivity contribution in [2.75, 3.05) is 18.0 Å². The van der Waals surface area contributed by atoms with Crippen molar-refractivity contribution >= 4 is 17.5 Å². The molecule has 0 atom stereocenters. The SMILES string of the molecule is Cc1cc(N2CCC(CC(=O)O)CC2)ncc1[N+](=O)[O-]. The number of aryl methyl sites for hydroxylation is 1. The molecule has 20 heavy (non-hydrogen) atoms.